The van der Waals surface area contributed by atoms with Gasteiger partial charge < -0.3 is 19.9 Å². The van der Waals surface area contributed by atoms with Crippen molar-refractivity contribution in [2.24, 2.45) is 11.8 Å². The molecule has 1 heterocycles. The summed E-state index contributed by atoms with van der Waals surface area (Å²) in [6.07, 6.45) is 49.8. The van der Waals surface area contributed by atoms with Crippen molar-refractivity contribution in [1.82, 2.24) is 15.1 Å². The lowest BCUT2D eigenvalue weighted by Gasteiger charge is -2.33. The zero-order valence-corrected chi connectivity index (χ0v) is 44.8. The molecule has 65 heavy (non-hydrogen) atoms. The highest BCUT2D eigenvalue weighted by molar-refractivity contribution is 5.76. The van der Waals surface area contributed by atoms with Crippen LogP contribution in [0.5, 0.6) is 0 Å². The fraction of sp³-hybridized carbons (Fsp3) is 0.932. The van der Waals surface area contributed by atoms with E-state index in [1.54, 1.807) is 0 Å². The smallest absolute Gasteiger partial charge is 0.305 e. The van der Waals surface area contributed by atoms with E-state index in [1.165, 1.54) is 224 Å². The number of unbranched alkanes of at least 4 members (excludes halogenated alkanes) is 22. The van der Waals surface area contributed by atoms with E-state index in [2.05, 4.69) is 56.3 Å². The summed E-state index contributed by atoms with van der Waals surface area (Å²) < 4.78 is 5.80. The van der Waals surface area contributed by atoms with Gasteiger partial charge in [0.05, 0.1) is 6.61 Å². The molecule has 384 valence electrons. The first-order valence-electron chi connectivity index (χ1n) is 29.5. The van der Waals surface area contributed by atoms with Crippen molar-refractivity contribution >= 4 is 11.9 Å². The third kappa shape index (κ3) is 37.1. The number of carbonyl (C=O) groups is 2. The van der Waals surface area contributed by atoms with Gasteiger partial charge in [-0.25, -0.2) is 0 Å². The summed E-state index contributed by atoms with van der Waals surface area (Å²) in [4.78, 5) is 31.7. The van der Waals surface area contributed by atoms with Crippen LogP contribution in [0.25, 0.3) is 0 Å². The highest BCUT2D eigenvalue weighted by Gasteiger charge is 2.24. The fourth-order valence-electron chi connectivity index (χ4n) is 10.3. The molecular formula is C59H115N3O3. The maximum atomic E-state index is 14.0. The number of rotatable bonds is 50. The fourth-order valence-corrected chi connectivity index (χ4v) is 10.3. The van der Waals surface area contributed by atoms with Crippen LogP contribution in [0.1, 0.15) is 298 Å². The van der Waals surface area contributed by atoms with Crippen LogP contribution in [0.15, 0.2) is 12.3 Å². The quantitative estimate of drug-likeness (QED) is 0.0487. The van der Waals surface area contributed by atoms with Gasteiger partial charge >= 0.3 is 5.97 Å². The van der Waals surface area contributed by atoms with E-state index < -0.39 is 0 Å². The molecule has 0 aromatic carbocycles. The van der Waals surface area contributed by atoms with Crippen LogP contribution in [-0.4, -0.2) is 67.0 Å². The van der Waals surface area contributed by atoms with Crippen molar-refractivity contribution < 1.29 is 14.3 Å². The van der Waals surface area contributed by atoms with Gasteiger partial charge in [-0.3, -0.25) is 9.59 Å². The van der Waals surface area contributed by atoms with E-state index in [4.69, 9.17) is 4.74 Å². The maximum absolute atomic E-state index is 14.0. The monoisotopic (exact) mass is 914 g/mol. The van der Waals surface area contributed by atoms with E-state index in [0.717, 1.165) is 76.9 Å². The Hall–Kier alpha value is -1.56. The first kappa shape index (κ1) is 61.5. The lowest BCUT2D eigenvalue weighted by Crippen LogP contribution is -2.42. The number of ether oxygens (including phenoxy) is 1. The van der Waals surface area contributed by atoms with Crippen LogP contribution >= 0.6 is 0 Å². The lowest BCUT2D eigenvalue weighted by atomic mass is 9.95. The van der Waals surface area contributed by atoms with Crippen LogP contribution in [0.3, 0.4) is 0 Å². The molecule has 1 saturated heterocycles. The molecule has 0 aromatic rings. The third-order valence-electron chi connectivity index (χ3n) is 14.7. The van der Waals surface area contributed by atoms with E-state index in [0.29, 0.717) is 30.9 Å². The minimum atomic E-state index is 0.0100. The highest BCUT2D eigenvalue weighted by Crippen LogP contribution is 2.24. The second-order valence-electron chi connectivity index (χ2n) is 21.0. The Morgan fingerprint density at radius 2 is 0.938 bits per heavy atom. The van der Waals surface area contributed by atoms with Gasteiger partial charge in [0.15, 0.2) is 0 Å². The molecule has 1 N–H and O–H groups in total. The topological polar surface area (TPSA) is 61.9 Å². The summed E-state index contributed by atoms with van der Waals surface area (Å²) in [5, 5.41) is 3.74. The van der Waals surface area contributed by atoms with Crippen LogP contribution in [0.2, 0.25) is 0 Å². The van der Waals surface area contributed by atoms with E-state index in [1.807, 2.05) is 0 Å². The Morgan fingerprint density at radius 3 is 1.51 bits per heavy atom. The van der Waals surface area contributed by atoms with E-state index in [9.17, 15) is 9.59 Å². The van der Waals surface area contributed by atoms with Crippen molar-refractivity contribution in [3.63, 3.8) is 0 Å². The van der Waals surface area contributed by atoms with Gasteiger partial charge in [0.2, 0.25) is 5.91 Å². The number of amides is 1. The lowest BCUT2D eigenvalue weighted by molar-refractivity contribution is -0.145. The summed E-state index contributed by atoms with van der Waals surface area (Å²) in [6, 6.07) is 0.376. The zero-order chi connectivity index (χ0) is 47.3. The first-order chi connectivity index (χ1) is 31.9. The van der Waals surface area contributed by atoms with E-state index >= 15 is 0 Å². The molecule has 0 bridgehead atoms. The second kappa shape index (κ2) is 46.2. The second-order valence-corrected chi connectivity index (χ2v) is 21.0. The molecule has 3 atom stereocenters. The number of hydrogen-bond acceptors (Lipinski definition) is 5. The molecule has 1 aliphatic heterocycles. The van der Waals surface area contributed by atoms with Crippen molar-refractivity contribution in [3.8, 4) is 0 Å². The Labute approximate surface area is 407 Å². The van der Waals surface area contributed by atoms with E-state index in [-0.39, 0.29) is 5.97 Å². The number of nitrogens with one attached hydrogen (secondary N) is 1. The van der Waals surface area contributed by atoms with Crippen molar-refractivity contribution in [2.75, 3.05) is 39.3 Å². The standard InChI is InChI=1S/C59H115N3O3/c1-7-12-17-24-34-46-58(63)62(51-38-50-61-48-36-37-49-61)57(44-32-26-21-20-25-29-39-54(6)60-52-55(40-15-10-4)42-30-18-13-8-2)45-33-27-22-23-28-35-47-59(64)65-53-56(41-16-11-5)43-31-19-14-9-3/h55-57,60H,6-53H2,1-5H3. The van der Waals surface area contributed by atoms with Gasteiger partial charge in [0, 0.05) is 37.7 Å². The molecule has 1 fully saturated rings. The SMILES string of the molecule is C=C(CCCCCCCCC(CCCCCCCCC(=O)OCC(CCCC)CCCCCC)N(CCCN1CCCC1)C(=O)CCCCCCC)NCC(CCCC)CCCCCC. The van der Waals surface area contributed by atoms with Gasteiger partial charge in [0.25, 0.3) is 0 Å². The largest absolute Gasteiger partial charge is 0.465 e. The Balaban J connectivity index is 2.60. The van der Waals surface area contributed by atoms with Crippen LogP contribution < -0.4 is 5.32 Å². The van der Waals surface area contributed by atoms with Crippen LogP contribution in [0.4, 0.5) is 0 Å². The molecule has 6 nitrogen and oxygen atoms in total. The molecule has 1 amide bonds. The third-order valence-corrected chi connectivity index (χ3v) is 14.7. The van der Waals surface area contributed by atoms with Crippen molar-refractivity contribution in [2.45, 2.75) is 304 Å². The number of likely N-dealkylation sites (tertiary alicyclic amines) is 1. The normalized spacial score (nSPS) is 14.4. The van der Waals surface area contributed by atoms with Gasteiger partial charge in [-0.05, 0) is 115 Å². The Morgan fingerprint density at radius 1 is 0.508 bits per heavy atom. The number of hydrogen-bond donors (Lipinski definition) is 1. The minimum absolute atomic E-state index is 0.0100. The average Bonchev–Trinajstić information content (AvgIpc) is 3.84. The van der Waals surface area contributed by atoms with Crippen molar-refractivity contribution in [3.05, 3.63) is 12.3 Å². The summed E-state index contributed by atoms with van der Waals surface area (Å²) >= 11 is 0. The van der Waals surface area contributed by atoms with Gasteiger partial charge in [-0.2, -0.15) is 0 Å². The molecule has 0 spiro atoms. The minimum Gasteiger partial charge on any atom is -0.465 e. The first-order valence-corrected chi connectivity index (χ1v) is 29.5. The van der Waals surface area contributed by atoms with Gasteiger partial charge in [-0.1, -0.05) is 208 Å². The van der Waals surface area contributed by atoms with Crippen molar-refractivity contribution in [1.29, 1.82) is 0 Å². The van der Waals surface area contributed by atoms with Crippen LogP contribution in [0, 0.1) is 11.8 Å². The summed E-state index contributed by atoms with van der Waals surface area (Å²) in [5.74, 6) is 1.77. The number of allylic oxidation sites excluding steroid dienone is 1. The Bertz CT molecular complexity index is 1000. The van der Waals surface area contributed by atoms with Crippen LogP contribution in [-0.2, 0) is 14.3 Å². The molecule has 0 saturated carbocycles. The molecular weight excluding hydrogens is 799 g/mol. The molecule has 6 heteroatoms. The molecule has 1 aliphatic rings. The number of esters is 1. The molecule has 1 rings (SSSR count). The predicted octanol–water partition coefficient (Wildman–Crippen LogP) is 17.5. The molecule has 0 aliphatic carbocycles. The molecule has 0 aromatic heterocycles. The number of nitrogens with zero attached hydrogens (tertiary/aromatic N) is 2. The average molecular weight is 915 g/mol. The maximum Gasteiger partial charge on any atom is 0.305 e. The van der Waals surface area contributed by atoms with Gasteiger partial charge in [0.1, 0.15) is 0 Å². The highest BCUT2D eigenvalue weighted by atomic mass is 16.5. The zero-order valence-electron chi connectivity index (χ0n) is 44.8. The summed E-state index contributed by atoms with van der Waals surface area (Å²) in [5.41, 5.74) is 1.25. The van der Waals surface area contributed by atoms with Gasteiger partial charge in [-0.15, -0.1) is 0 Å². The summed E-state index contributed by atoms with van der Waals surface area (Å²) in [7, 11) is 0. The molecule has 3 unspecified atom stereocenters. The predicted molar refractivity (Wildman–Crippen MR) is 285 cm³/mol. The number of carbonyl (C=O) groups excluding carboxylic acids is 2. The Kier molecular flexibility index (Phi) is 43.7. The molecule has 0 radical (unpaired) electrons. The summed E-state index contributed by atoms with van der Waals surface area (Å²) in [6.45, 7) is 22.1.